The molecule has 0 aromatic carbocycles. The molecular weight excluding hydrogens is 290 g/mol. The van der Waals surface area contributed by atoms with Crippen LogP contribution in [0.1, 0.15) is 90.9 Å². The molecule has 0 aromatic rings. The molecule has 0 aliphatic carbocycles. The molecule has 0 spiro atoms. The quantitative estimate of drug-likeness (QED) is 0.258. The van der Waals surface area contributed by atoms with Crippen molar-refractivity contribution in [2.24, 2.45) is 0 Å². The van der Waals surface area contributed by atoms with E-state index >= 15 is 0 Å². The second-order valence-corrected chi connectivity index (χ2v) is 7.56. The molecule has 19 heavy (non-hydrogen) atoms. The normalized spacial score (nSPS) is 11.2. The SMILES string of the molecule is CCCCCCCC[N](CCCCCCCC)[Ti][Cl]. The average molecular weight is 324 g/mol. The molecular formula is C16H34ClNTi. The number of hydrogen-bond donors (Lipinski definition) is 0. The maximum absolute atomic E-state index is 6.14. The second-order valence-electron chi connectivity index (χ2n) is 5.61. The minimum absolute atomic E-state index is 0.338. The second kappa shape index (κ2) is 17.0. The summed E-state index contributed by atoms with van der Waals surface area (Å²) in [6, 6.07) is 0. The molecule has 0 unspecified atom stereocenters. The van der Waals surface area contributed by atoms with Crippen molar-refractivity contribution >= 4 is 9.30 Å². The molecule has 0 aliphatic rings. The van der Waals surface area contributed by atoms with Crippen LogP contribution in [0, 0.1) is 0 Å². The van der Waals surface area contributed by atoms with E-state index in [0.717, 1.165) is 0 Å². The summed E-state index contributed by atoms with van der Waals surface area (Å²) in [5, 5.41) is 0. The molecule has 0 atom stereocenters. The summed E-state index contributed by atoms with van der Waals surface area (Å²) in [5.74, 6) is 0. The van der Waals surface area contributed by atoms with Crippen molar-refractivity contribution < 1.29 is 18.3 Å². The van der Waals surface area contributed by atoms with Crippen molar-refractivity contribution in [2.75, 3.05) is 13.1 Å². The molecule has 0 saturated carbocycles. The first-order chi connectivity index (χ1) is 9.35. The molecule has 0 bridgehead atoms. The summed E-state index contributed by atoms with van der Waals surface area (Å²) in [6.45, 7) is 7.07. The van der Waals surface area contributed by atoms with Crippen LogP contribution in [0.2, 0.25) is 0 Å². The van der Waals surface area contributed by atoms with Gasteiger partial charge in [0.1, 0.15) is 0 Å². The van der Waals surface area contributed by atoms with Gasteiger partial charge in [0.05, 0.1) is 0 Å². The zero-order valence-electron chi connectivity index (χ0n) is 13.2. The van der Waals surface area contributed by atoms with E-state index in [1.165, 1.54) is 90.1 Å². The molecule has 0 heterocycles. The van der Waals surface area contributed by atoms with Crippen LogP contribution >= 0.6 is 9.30 Å². The topological polar surface area (TPSA) is 3.24 Å². The first-order valence-corrected chi connectivity index (χ1v) is 11.3. The van der Waals surface area contributed by atoms with Crippen molar-refractivity contribution in [3.8, 4) is 0 Å². The number of unbranched alkanes of at least 4 members (excludes halogenated alkanes) is 10. The van der Waals surface area contributed by atoms with E-state index < -0.39 is 0 Å². The molecule has 0 N–H and O–H groups in total. The van der Waals surface area contributed by atoms with Gasteiger partial charge in [-0.05, 0) is 0 Å². The van der Waals surface area contributed by atoms with Crippen LogP contribution in [-0.4, -0.2) is 16.5 Å². The van der Waals surface area contributed by atoms with Gasteiger partial charge >= 0.3 is 135 Å². The van der Waals surface area contributed by atoms with Crippen LogP contribution in [-0.2, 0) is 18.3 Å². The molecule has 0 amide bonds. The first kappa shape index (κ1) is 20.0. The third-order valence-corrected chi connectivity index (χ3v) is 5.74. The third kappa shape index (κ3) is 15.2. The standard InChI is InChI=1S/C16H34N.ClH.Ti/c1-3-5-7-9-11-13-15-17-16-14-12-10-8-6-4-2;;/h3-16H2,1-2H3;1H;/q-1;;+2/p-1. The Balaban J connectivity index is 3.30. The Morgan fingerprint density at radius 2 is 1.00 bits per heavy atom. The number of halogens is 1. The Labute approximate surface area is 135 Å². The van der Waals surface area contributed by atoms with Gasteiger partial charge < -0.3 is 0 Å². The summed E-state index contributed by atoms with van der Waals surface area (Å²) in [6.07, 6.45) is 16.7. The zero-order chi connectivity index (χ0) is 14.2. The van der Waals surface area contributed by atoms with E-state index in [9.17, 15) is 0 Å². The Morgan fingerprint density at radius 3 is 1.37 bits per heavy atom. The monoisotopic (exact) mass is 323 g/mol. The Bertz CT molecular complexity index is 151. The summed E-state index contributed by atoms with van der Waals surface area (Å²) in [5.41, 5.74) is 0. The van der Waals surface area contributed by atoms with Crippen molar-refractivity contribution in [1.29, 1.82) is 0 Å². The van der Waals surface area contributed by atoms with E-state index in [1.54, 1.807) is 0 Å². The summed E-state index contributed by atoms with van der Waals surface area (Å²) >= 11 is -0.338. The third-order valence-electron chi connectivity index (χ3n) is 3.68. The van der Waals surface area contributed by atoms with Crippen molar-refractivity contribution in [3.05, 3.63) is 0 Å². The Hall–Kier alpha value is 0.964. The van der Waals surface area contributed by atoms with Gasteiger partial charge in [-0.3, -0.25) is 0 Å². The fraction of sp³-hybridized carbons (Fsp3) is 1.00. The van der Waals surface area contributed by atoms with Gasteiger partial charge in [0.15, 0.2) is 0 Å². The van der Waals surface area contributed by atoms with Crippen LogP contribution in [0.25, 0.3) is 0 Å². The molecule has 114 valence electrons. The molecule has 1 nitrogen and oxygen atoms in total. The molecule has 0 aliphatic heterocycles. The number of hydrogen-bond acceptors (Lipinski definition) is 1. The summed E-state index contributed by atoms with van der Waals surface area (Å²) in [7, 11) is 6.14. The predicted molar refractivity (Wildman–Crippen MR) is 84.2 cm³/mol. The number of rotatable bonds is 15. The van der Waals surface area contributed by atoms with Gasteiger partial charge in [-0.2, -0.15) is 0 Å². The Kier molecular flexibility index (Phi) is 17.9. The van der Waals surface area contributed by atoms with Crippen LogP contribution < -0.4 is 0 Å². The molecule has 3 heteroatoms. The van der Waals surface area contributed by atoms with E-state index in [4.69, 9.17) is 9.30 Å². The average Bonchev–Trinajstić information content (AvgIpc) is 2.44. The van der Waals surface area contributed by atoms with Gasteiger partial charge in [-0.15, -0.1) is 0 Å². The fourth-order valence-corrected chi connectivity index (χ4v) is 3.82. The summed E-state index contributed by atoms with van der Waals surface area (Å²) < 4.78 is 2.54. The van der Waals surface area contributed by atoms with E-state index in [0.29, 0.717) is 0 Å². The van der Waals surface area contributed by atoms with E-state index in [1.807, 2.05) is 0 Å². The fourth-order valence-electron chi connectivity index (χ4n) is 2.36. The van der Waals surface area contributed by atoms with Gasteiger partial charge in [0, 0.05) is 0 Å². The van der Waals surface area contributed by atoms with E-state index in [-0.39, 0.29) is 18.3 Å². The molecule has 0 rings (SSSR count). The number of nitrogens with zero attached hydrogens (tertiary/aromatic N) is 1. The maximum atomic E-state index is 6.14. The van der Waals surface area contributed by atoms with Crippen LogP contribution in [0.15, 0.2) is 0 Å². The summed E-state index contributed by atoms with van der Waals surface area (Å²) in [4.78, 5) is 0. The van der Waals surface area contributed by atoms with Crippen LogP contribution in [0.3, 0.4) is 0 Å². The first-order valence-electron chi connectivity index (χ1n) is 8.46. The molecule has 0 saturated heterocycles. The molecule has 0 radical (unpaired) electrons. The van der Waals surface area contributed by atoms with Gasteiger partial charge in [0.2, 0.25) is 0 Å². The van der Waals surface area contributed by atoms with Crippen molar-refractivity contribution in [2.45, 2.75) is 90.9 Å². The zero-order valence-corrected chi connectivity index (χ0v) is 15.5. The molecule has 0 fully saturated rings. The van der Waals surface area contributed by atoms with Crippen molar-refractivity contribution in [1.82, 2.24) is 3.38 Å². The van der Waals surface area contributed by atoms with Gasteiger partial charge in [-0.25, -0.2) is 0 Å². The Morgan fingerprint density at radius 1 is 0.632 bits per heavy atom. The van der Waals surface area contributed by atoms with Gasteiger partial charge in [0.25, 0.3) is 0 Å². The predicted octanol–water partition coefficient (Wildman–Crippen LogP) is 6.16. The van der Waals surface area contributed by atoms with E-state index in [2.05, 4.69) is 17.2 Å². The minimum atomic E-state index is -0.338. The van der Waals surface area contributed by atoms with Crippen LogP contribution in [0.4, 0.5) is 0 Å². The van der Waals surface area contributed by atoms with Crippen LogP contribution in [0.5, 0.6) is 0 Å². The van der Waals surface area contributed by atoms with Crippen molar-refractivity contribution in [3.63, 3.8) is 0 Å². The van der Waals surface area contributed by atoms with Gasteiger partial charge in [-0.1, -0.05) is 0 Å². The molecule has 0 aromatic heterocycles.